The topological polar surface area (TPSA) is 50.4 Å². The molecule has 4 heteroatoms. The SMILES string of the molecule is CCNC(=O)CCOc1ccc(C)cc1CNC1CC1. The summed E-state index contributed by atoms with van der Waals surface area (Å²) in [4.78, 5) is 11.4. The monoisotopic (exact) mass is 276 g/mol. The van der Waals surface area contributed by atoms with Gasteiger partial charge in [-0.15, -0.1) is 0 Å². The van der Waals surface area contributed by atoms with E-state index in [4.69, 9.17) is 4.74 Å². The fraction of sp³-hybridized carbons (Fsp3) is 0.562. The van der Waals surface area contributed by atoms with Crippen LogP contribution >= 0.6 is 0 Å². The lowest BCUT2D eigenvalue weighted by Gasteiger charge is -2.13. The average molecular weight is 276 g/mol. The Morgan fingerprint density at radius 1 is 1.40 bits per heavy atom. The van der Waals surface area contributed by atoms with Crippen LogP contribution < -0.4 is 15.4 Å². The van der Waals surface area contributed by atoms with Crippen molar-refractivity contribution in [1.82, 2.24) is 10.6 Å². The summed E-state index contributed by atoms with van der Waals surface area (Å²) in [5.74, 6) is 0.922. The van der Waals surface area contributed by atoms with E-state index in [1.165, 1.54) is 24.0 Å². The second-order valence-electron chi connectivity index (χ2n) is 5.32. The predicted molar refractivity (Wildman–Crippen MR) is 79.8 cm³/mol. The number of benzene rings is 1. The minimum atomic E-state index is 0.0391. The number of aryl methyl sites for hydroxylation is 1. The number of amides is 1. The van der Waals surface area contributed by atoms with Crippen LogP contribution in [0.15, 0.2) is 18.2 Å². The summed E-state index contributed by atoms with van der Waals surface area (Å²) in [6.45, 7) is 5.92. The molecule has 0 spiro atoms. The molecular formula is C16H24N2O2. The van der Waals surface area contributed by atoms with E-state index in [1.54, 1.807) is 0 Å². The minimum Gasteiger partial charge on any atom is -0.493 e. The van der Waals surface area contributed by atoms with Crippen molar-refractivity contribution in [2.75, 3.05) is 13.2 Å². The van der Waals surface area contributed by atoms with Crippen LogP contribution in [0.4, 0.5) is 0 Å². The summed E-state index contributed by atoms with van der Waals surface area (Å²) >= 11 is 0. The molecule has 1 amide bonds. The van der Waals surface area contributed by atoms with Crippen molar-refractivity contribution in [3.05, 3.63) is 29.3 Å². The van der Waals surface area contributed by atoms with E-state index in [9.17, 15) is 4.79 Å². The fourth-order valence-corrected chi connectivity index (χ4v) is 2.07. The molecule has 1 aliphatic rings. The summed E-state index contributed by atoms with van der Waals surface area (Å²) < 4.78 is 5.76. The predicted octanol–water partition coefficient (Wildman–Crippen LogP) is 2.15. The van der Waals surface area contributed by atoms with Gasteiger partial charge in [-0.3, -0.25) is 4.79 Å². The highest BCUT2D eigenvalue weighted by atomic mass is 16.5. The molecule has 1 aromatic carbocycles. The summed E-state index contributed by atoms with van der Waals surface area (Å²) in [6.07, 6.45) is 2.95. The van der Waals surface area contributed by atoms with Crippen LogP contribution in [-0.2, 0) is 11.3 Å². The third-order valence-corrected chi connectivity index (χ3v) is 3.34. The molecule has 0 bridgehead atoms. The number of nitrogens with one attached hydrogen (secondary N) is 2. The largest absolute Gasteiger partial charge is 0.493 e. The van der Waals surface area contributed by atoms with Crippen LogP contribution in [0.1, 0.15) is 37.3 Å². The smallest absolute Gasteiger partial charge is 0.223 e. The molecule has 0 saturated heterocycles. The van der Waals surface area contributed by atoms with Gasteiger partial charge in [0, 0.05) is 24.7 Å². The van der Waals surface area contributed by atoms with Gasteiger partial charge in [0.15, 0.2) is 0 Å². The normalized spacial score (nSPS) is 14.1. The molecule has 2 N–H and O–H groups in total. The Kier molecular flexibility index (Phi) is 5.41. The van der Waals surface area contributed by atoms with Crippen LogP contribution in [0.3, 0.4) is 0 Å². The molecule has 1 aliphatic carbocycles. The quantitative estimate of drug-likeness (QED) is 0.765. The molecule has 1 saturated carbocycles. The Morgan fingerprint density at radius 2 is 2.20 bits per heavy atom. The molecule has 1 fully saturated rings. The first-order chi connectivity index (χ1) is 9.69. The lowest BCUT2D eigenvalue weighted by atomic mass is 10.1. The lowest BCUT2D eigenvalue weighted by Crippen LogP contribution is -2.24. The van der Waals surface area contributed by atoms with E-state index in [0.29, 0.717) is 25.6 Å². The summed E-state index contributed by atoms with van der Waals surface area (Å²) in [5, 5.41) is 6.27. The molecule has 1 aromatic rings. The van der Waals surface area contributed by atoms with Crippen molar-refractivity contribution in [2.45, 2.75) is 45.7 Å². The fourth-order valence-electron chi connectivity index (χ4n) is 2.07. The van der Waals surface area contributed by atoms with Gasteiger partial charge < -0.3 is 15.4 Å². The van der Waals surface area contributed by atoms with E-state index in [2.05, 4.69) is 23.6 Å². The molecule has 4 nitrogen and oxygen atoms in total. The first-order valence-electron chi connectivity index (χ1n) is 7.41. The van der Waals surface area contributed by atoms with Crippen LogP contribution in [0.5, 0.6) is 5.75 Å². The van der Waals surface area contributed by atoms with Gasteiger partial charge in [-0.05, 0) is 32.8 Å². The zero-order chi connectivity index (χ0) is 14.4. The highest BCUT2D eigenvalue weighted by molar-refractivity contribution is 5.75. The zero-order valence-corrected chi connectivity index (χ0v) is 12.4. The van der Waals surface area contributed by atoms with E-state index < -0.39 is 0 Å². The summed E-state index contributed by atoms with van der Waals surface area (Å²) in [7, 11) is 0. The number of ether oxygens (including phenoxy) is 1. The minimum absolute atomic E-state index is 0.0391. The van der Waals surface area contributed by atoms with Gasteiger partial charge in [0.05, 0.1) is 13.0 Å². The van der Waals surface area contributed by atoms with Crippen LogP contribution in [0.2, 0.25) is 0 Å². The van der Waals surface area contributed by atoms with Crippen molar-refractivity contribution >= 4 is 5.91 Å². The zero-order valence-electron chi connectivity index (χ0n) is 12.4. The second kappa shape index (κ2) is 7.29. The highest BCUT2D eigenvalue weighted by Gasteiger charge is 2.20. The Hall–Kier alpha value is -1.55. The van der Waals surface area contributed by atoms with E-state index in [1.807, 2.05) is 19.1 Å². The van der Waals surface area contributed by atoms with Crippen LogP contribution in [0, 0.1) is 6.92 Å². The molecule has 110 valence electrons. The molecular weight excluding hydrogens is 252 g/mol. The van der Waals surface area contributed by atoms with Gasteiger partial charge in [-0.1, -0.05) is 17.7 Å². The van der Waals surface area contributed by atoms with Gasteiger partial charge in [0.2, 0.25) is 5.91 Å². The first-order valence-corrected chi connectivity index (χ1v) is 7.41. The first kappa shape index (κ1) is 14.9. The standard InChI is InChI=1S/C16H24N2O2/c1-3-17-16(19)8-9-20-15-7-4-12(2)10-13(15)11-18-14-5-6-14/h4,7,10,14,18H,3,5-6,8-9,11H2,1-2H3,(H,17,19). The summed E-state index contributed by atoms with van der Waals surface area (Å²) in [6, 6.07) is 6.87. The Balaban J connectivity index is 1.86. The number of carbonyl (C=O) groups excluding carboxylic acids is 1. The maximum atomic E-state index is 11.4. The van der Waals surface area contributed by atoms with Gasteiger partial charge in [0.1, 0.15) is 5.75 Å². The van der Waals surface area contributed by atoms with E-state index >= 15 is 0 Å². The number of hydrogen-bond donors (Lipinski definition) is 2. The molecule has 0 atom stereocenters. The molecule has 2 rings (SSSR count). The molecule has 0 unspecified atom stereocenters. The molecule has 20 heavy (non-hydrogen) atoms. The molecule has 0 heterocycles. The third-order valence-electron chi connectivity index (χ3n) is 3.34. The van der Waals surface area contributed by atoms with Crippen molar-refractivity contribution < 1.29 is 9.53 Å². The van der Waals surface area contributed by atoms with Crippen molar-refractivity contribution in [2.24, 2.45) is 0 Å². The molecule has 0 radical (unpaired) electrons. The second-order valence-corrected chi connectivity index (χ2v) is 5.32. The van der Waals surface area contributed by atoms with Crippen molar-refractivity contribution in [1.29, 1.82) is 0 Å². The average Bonchev–Trinajstić information content (AvgIpc) is 3.23. The van der Waals surface area contributed by atoms with E-state index in [0.717, 1.165) is 12.3 Å². The van der Waals surface area contributed by atoms with Gasteiger partial charge >= 0.3 is 0 Å². The molecule has 0 aliphatic heterocycles. The van der Waals surface area contributed by atoms with Crippen LogP contribution in [0.25, 0.3) is 0 Å². The lowest BCUT2D eigenvalue weighted by molar-refractivity contribution is -0.121. The maximum absolute atomic E-state index is 11.4. The maximum Gasteiger partial charge on any atom is 0.223 e. The Morgan fingerprint density at radius 3 is 2.90 bits per heavy atom. The van der Waals surface area contributed by atoms with Gasteiger partial charge in [0.25, 0.3) is 0 Å². The van der Waals surface area contributed by atoms with Gasteiger partial charge in [-0.2, -0.15) is 0 Å². The molecule has 0 aromatic heterocycles. The Bertz CT molecular complexity index is 456. The van der Waals surface area contributed by atoms with Crippen molar-refractivity contribution in [3.8, 4) is 5.75 Å². The summed E-state index contributed by atoms with van der Waals surface area (Å²) in [5.41, 5.74) is 2.40. The van der Waals surface area contributed by atoms with Crippen molar-refractivity contribution in [3.63, 3.8) is 0 Å². The number of rotatable bonds is 8. The van der Waals surface area contributed by atoms with Gasteiger partial charge in [-0.25, -0.2) is 0 Å². The van der Waals surface area contributed by atoms with E-state index in [-0.39, 0.29) is 5.91 Å². The highest BCUT2D eigenvalue weighted by Crippen LogP contribution is 2.23. The number of carbonyl (C=O) groups is 1. The number of hydrogen-bond acceptors (Lipinski definition) is 3. The third kappa shape index (κ3) is 4.85. The Labute approximate surface area is 120 Å². The van der Waals surface area contributed by atoms with Crippen LogP contribution in [-0.4, -0.2) is 25.1 Å².